The Labute approximate surface area is 197 Å². The molecule has 1 aromatic heterocycles. The predicted molar refractivity (Wildman–Crippen MR) is 131 cm³/mol. The molecule has 0 saturated carbocycles. The molecule has 2 heterocycles. The molecule has 7 nitrogen and oxygen atoms in total. The molecule has 33 heavy (non-hydrogen) atoms. The fraction of sp³-hybridized carbons (Fsp3) is 0.440. The molecule has 2 unspecified atom stereocenters. The van der Waals surface area contributed by atoms with Crippen LogP contribution in [0.25, 0.3) is 6.08 Å². The Balaban J connectivity index is 0.00000187. The van der Waals surface area contributed by atoms with E-state index in [1.807, 2.05) is 39.8 Å². The van der Waals surface area contributed by atoms with Crippen molar-refractivity contribution in [2.45, 2.75) is 63.6 Å². The Hall–Kier alpha value is -2.55. The van der Waals surface area contributed by atoms with Gasteiger partial charge in [-0.15, -0.1) is 0 Å². The van der Waals surface area contributed by atoms with Crippen LogP contribution >= 0.6 is 0 Å². The molecule has 180 valence electrons. The van der Waals surface area contributed by atoms with Crippen LogP contribution in [0.15, 0.2) is 41.3 Å². The van der Waals surface area contributed by atoms with Crippen LogP contribution in [0.3, 0.4) is 0 Å². The van der Waals surface area contributed by atoms with Gasteiger partial charge < -0.3 is 5.32 Å². The normalized spacial score (nSPS) is 18.1. The topological polar surface area (TPSA) is 99.6 Å². The Morgan fingerprint density at radius 2 is 1.85 bits per heavy atom. The van der Waals surface area contributed by atoms with E-state index in [0.29, 0.717) is 11.5 Å². The quantitative estimate of drug-likeness (QED) is 0.345. The average molecular weight is 474 g/mol. The molecule has 2 aromatic rings. The van der Waals surface area contributed by atoms with E-state index in [1.54, 1.807) is 12.1 Å². The van der Waals surface area contributed by atoms with Gasteiger partial charge in [-0.25, -0.2) is 13.5 Å². The first-order chi connectivity index (χ1) is 15.8. The highest BCUT2D eigenvalue weighted by molar-refractivity contribution is 7.92. The van der Waals surface area contributed by atoms with E-state index >= 15 is 0 Å². The molecule has 0 radical (unpaired) electrons. The molecule has 0 bridgehead atoms. The minimum Gasteiger partial charge on any atom is -0.313 e. The summed E-state index contributed by atoms with van der Waals surface area (Å²) >= 11 is 0. The van der Waals surface area contributed by atoms with E-state index in [9.17, 15) is 18.4 Å². The van der Waals surface area contributed by atoms with Crippen molar-refractivity contribution >= 4 is 22.3 Å². The van der Waals surface area contributed by atoms with Gasteiger partial charge in [0.2, 0.25) is 6.41 Å². The summed E-state index contributed by atoms with van der Waals surface area (Å²) in [5.74, 6) is 0. The van der Waals surface area contributed by atoms with Crippen molar-refractivity contribution in [3.8, 4) is 0 Å². The number of hydrogen-bond donors (Lipinski definition) is 2. The van der Waals surface area contributed by atoms with Gasteiger partial charge in [0.15, 0.2) is 9.84 Å². The van der Waals surface area contributed by atoms with Crippen LogP contribution < -0.4 is 5.32 Å². The zero-order valence-corrected chi connectivity index (χ0v) is 20.9. The third-order valence-corrected chi connectivity index (χ3v) is 7.81. The second-order valence-corrected chi connectivity index (χ2v) is 10.0. The molecule has 3 rings (SSSR count). The molecule has 1 aliphatic rings. The molecular formula is C25H35N3O4S. The third-order valence-electron chi connectivity index (χ3n) is 5.60. The smallest absolute Gasteiger partial charge is 0.233 e. The van der Waals surface area contributed by atoms with Crippen LogP contribution in [0, 0.1) is 13.8 Å². The van der Waals surface area contributed by atoms with Gasteiger partial charge in [0.05, 0.1) is 10.9 Å². The van der Waals surface area contributed by atoms with E-state index in [-0.39, 0.29) is 24.4 Å². The number of allylic oxidation sites excluding steroid dienone is 1. The predicted octanol–water partition coefficient (Wildman–Crippen LogP) is 3.70. The maximum atomic E-state index is 13.1. The summed E-state index contributed by atoms with van der Waals surface area (Å²) in [6.07, 6.45) is 6.04. The summed E-state index contributed by atoms with van der Waals surface area (Å²) in [5.41, 5.74) is 5.16. The first-order valence-electron chi connectivity index (χ1n) is 11.4. The molecule has 0 aliphatic carbocycles. The fourth-order valence-corrected chi connectivity index (χ4v) is 5.86. The van der Waals surface area contributed by atoms with Gasteiger partial charge in [0.25, 0.3) is 0 Å². The first kappa shape index (κ1) is 26.7. The van der Waals surface area contributed by atoms with Gasteiger partial charge in [-0.2, -0.15) is 0 Å². The summed E-state index contributed by atoms with van der Waals surface area (Å²) < 4.78 is 26.2. The summed E-state index contributed by atoms with van der Waals surface area (Å²) in [7, 11) is -3.71. The minimum atomic E-state index is -3.71. The van der Waals surface area contributed by atoms with Gasteiger partial charge in [-0.1, -0.05) is 45.1 Å². The lowest BCUT2D eigenvalue weighted by atomic mass is 9.98. The van der Waals surface area contributed by atoms with Gasteiger partial charge in [0.1, 0.15) is 5.25 Å². The summed E-state index contributed by atoms with van der Waals surface area (Å²) in [5, 5.41) is 12.2. The number of rotatable bonds is 8. The van der Waals surface area contributed by atoms with Crippen LogP contribution in [0.2, 0.25) is 0 Å². The average Bonchev–Trinajstić information content (AvgIpc) is 3.31. The lowest BCUT2D eigenvalue weighted by molar-refractivity contribution is -0.157. The van der Waals surface area contributed by atoms with Crippen molar-refractivity contribution in [3.63, 3.8) is 0 Å². The molecule has 2 N–H and O–H groups in total. The number of carbonyl (C=O) groups is 1. The second-order valence-electron chi connectivity index (χ2n) is 7.85. The minimum absolute atomic E-state index is 0.183. The lowest BCUT2D eigenvalue weighted by Crippen LogP contribution is -2.44. The number of nitrogens with one attached hydrogen (secondary N) is 1. The van der Waals surface area contributed by atoms with Crippen molar-refractivity contribution in [1.29, 1.82) is 0 Å². The van der Waals surface area contributed by atoms with E-state index in [4.69, 9.17) is 0 Å². The number of sulfone groups is 1. The molecular weight excluding hydrogens is 438 g/mol. The fourth-order valence-electron chi connectivity index (χ4n) is 4.02. The van der Waals surface area contributed by atoms with Crippen molar-refractivity contribution in [3.05, 3.63) is 64.5 Å². The molecule has 0 spiro atoms. The van der Waals surface area contributed by atoms with Crippen molar-refractivity contribution in [1.82, 2.24) is 15.4 Å². The summed E-state index contributed by atoms with van der Waals surface area (Å²) in [6.45, 7) is 10.5. The number of nitrogens with zero attached hydrogens (tertiary/aromatic N) is 2. The first-order valence-corrected chi connectivity index (χ1v) is 12.9. The molecule has 1 fully saturated rings. The van der Waals surface area contributed by atoms with E-state index in [2.05, 4.69) is 35.4 Å². The number of pyridine rings is 1. The molecule has 8 heteroatoms. The van der Waals surface area contributed by atoms with Gasteiger partial charge in [-0.05, 0) is 61.6 Å². The van der Waals surface area contributed by atoms with E-state index < -0.39 is 21.1 Å². The van der Waals surface area contributed by atoms with Crippen molar-refractivity contribution in [2.24, 2.45) is 0 Å². The van der Waals surface area contributed by atoms with Gasteiger partial charge in [-0.3, -0.25) is 15.0 Å². The molecule has 1 amide bonds. The highest BCUT2D eigenvalue weighted by Gasteiger charge is 2.41. The van der Waals surface area contributed by atoms with Crippen LogP contribution in [0.5, 0.6) is 0 Å². The van der Waals surface area contributed by atoms with Crippen LogP contribution in [-0.4, -0.2) is 54.5 Å². The highest BCUT2D eigenvalue weighted by atomic mass is 32.2. The monoisotopic (exact) mass is 473 g/mol. The summed E-state index contributed by atoms with van der Waals surface area (Å²) in [4.78, 5) is 15.6. The summed E-state index contributed by atoms with van der Waals surface area (Å²) in [6, 6.07) is 8.10. The standard InChI is InChI=1S/C23H29N3O4S.C2H6/c1-4-5-6-21-17(3)25-16(2)11-19(21)12-18-7-9-20(10-8-18)31(29,30)23-14-24-13-22(23)26(28)15-27;1-2/h5-11,15,22-24,28H,4,12-14H2,1-3H3;1-2H3/b6-5-;. The largest absolute Gasteiger partial charge is 0.313 e. The molecule has 1 aliphatic heterocycles. The second kappa shape index (κ2) is 12.1. The lowest BCUT2D eigenvalue weighted by Gasteiger charge is -2.23. The number of benzene rings is 1. The number of hydroxylamine groups is 2. The SMILES string of the molecule is CC.CC/C=C\c1c(Cc2ccc(S(=O)(=O)C3CNCC3N(O)C=O)cc2)cc(C)nc1C. The molecule has 1 aromatic carbocycles. The highest BCUT2D eigenvalue weighted by Crippen LogP contribution is 2.25. The van der Waals surface area contributed by atoms with E-state index in [1.165, 1.54) is 0 Å². The van der Waals surface area contributed by atoms with Crippen LogP contribution in [-0.2, 0) is 21.1 Å². The maximum absolute atomic E-state index is 13.1. The van der Waals surface area contributed by atoms with Crippen molar-refractivity contribution in [2.75, 3.05) is 13.1 Å². The number of aryl methyl sites for hydroxylation is 2. The Morgan fingerprint density at radius 1 is 1.18 bits per heavy atom. The zero-order valence-electron chi connectivity index (χ0n) is 20.1. The Morgan fingerprint density at radius 3 is 2.45 bits per heavy atom. The third kappa shape index (κ3) is 6.28. The van der Waals surface area contributed by atoms with Crippen LogP contribution in [0.4, 0.5) is 0 Å². The number of hydrogen-bond acceptors (Lipinski definition) is 6. The number of carbonyl (C=O) groups excluding carboxylic acids is 1. The number of amides is 1. The van der Waals surface area contributed by atoms with Crippen molar-refractivity contribution < 1.29 is 18.4 Å². The number of aromatic nitrogens is 1. The van der Waals surface area contributed by atoms with Crippen LogP contribution in [0.1, 0.15) is 55.3 Å². The molecule has 2 atom stereocenters. The molecule has 1 saturated heterocycles. The Kier molecular flexibility index (Phi) is 9.76. The van der Waals surface area contributed by atoms with E-state index in [0.717, 1.165) is 34.5 Å². The Bertz CT molecular complexity index is 1070. The maximum Gasteiger partial charge on any atom is 0.233 e. The zero-order chi connectivity index (χ0) is 24.6. The van der Waals surface area contributed by atoms with Gasteiger partial charge >= 0.3 is 0 Å². The van der Waals surface area contributed by atoms with Gasteiger partial charge in [0, 0.05) is 24.5 Å².